The van der Waals surface area contributed by atoms with Gasteiger partial charge in [-0.1, -0.05) is 0 Å². The minimum atomic E-state index is 0.124. The predicted octanol–water partition coefficient (Wildman–Crippen LogP) is 2.44. The summed E-state index contributed by atoms with van der Waals surface area (Å²) >= 11 is 0. The third-order valence-corrected chi connectivity index (χ3v) is 4.34. The Labute approximate surface area is 122 Å². The molecule has 0 radical (unpaired) electrons. The molecule has 5 nitrogen and oxygen atoms in total. The summed E-state index contributed by atoms with van der Waals surface area (Å²) in [5.41, 5.74) is 5.90. The molecule has 0 saturated heterocycles. The average Bonchev–Trinajstić information content (AvgIpc) is 3.11. The fourth-order valence-electron chi connectivity index (χ4n) is 3.20. The summed E-state index contributed by atoms with van der Waals surface area (Å²) in [6.45, 7) is 3.11. The van der Waals surface area contributed by atoms with Crippen molar-refractivity contribution < 1.29 is 4.74 Å². The second kappa shape index (κ2) is 4.63. The van der Waals surface area contributed by atoms with E-state index in [-0.39, 0.29) is 6.04 Å². The lowest BCUT2D eigenvalue weighted by Gasteiger charge is -2.23. The van der Waals surface area contributed by atoms with E-state index in [1.807, 2.05) is 6.07 Å². The van der Waals surface area contributed by atoms with Crippen LogP contribution in [0.3, 0.4) is 0 Å². The first-order valence-corrected chi connectivity index (χ1v) is 7.19. The van der Waals surface area contributed by atoms with E-state index in [4.69, 9.17) is 4.74 Å². The smallest absolute Gasteiger partial charge is 0.119 e. The molecule has 1 aliphatic rings. The van der Waals surface area contributed by atoms with Gasteiger partial charge in [0.2, 0.25) is 0 Å². The van der Waals surface area contributed by atoms with Crippen molar-refractivity contribution in [2.75, 3.05) is 13.7 Å². The number of nitrogens with one attached hydrogen (secondary N) is 3. The van der Waals surface area contributed by atoms with Crippen molar-refractivity contribution in [3.8, 4) is 5.75 Å². The fraction of sp³-hybridized carbons (Fsp3) is 0.312. The number of aryl methyl sites for hydroxylation is 1. The molecule has 1 atom stereocenters. The summed E-state index contributed by atoms with van der Waals surface area (Å²) < 4.78 is 5.33. The van der Waals surface area contributed by atoms with Gasteiger partial charge in [-0.05, 0) is 30.7 Å². The van der Waals surface area contributed by atoms with Crippen LogP contribution in [0.4, 0.5) is 0 Å². The molecule has 0 spiro atoms. The number of aromatic nitrogens is 3. The average molecular weight is 282 g/mol. The molecule has 0 fully saturated rings. The van der Waals surface area contributed by atoms with Crippen LogP contribution in [0.25, 0.3) is 10.9 Å². The standard InChI is InChI=1S/C16H18N4O/c1-9-11-7-10(21-2)3-4-12(11)20-14(9)16-15-13(5-6-17-16)18-8-19-15/h3-4,7-8,16-17,20H,5-6H2,1-2H3,(H,18,19)/t16-/m1/s1. The van der Waals surface area contributed by atoms with Gasteiger partial charge in [0, 0.05) is 35.3 Å². The predicted molar refractivity (Wildman–Crippen MR) is 81.7 cm³/mol. The van der Waals surface area contributed by atoms with Crippen LogP contribution >= 0.6 is 0 Å². The van der Waals surface area contributed by atoms with Crippen LogP contribution in [-0.4, -0.2) is 28.6 Å². The second-order valence-electron chi connectivity index (χ2n) is 5.48. The van der Waals surface area contributed by atoms with Crippen molar-refractivity contribution in [2.24, 2.45) is 0 Å². The van der Waals surface area contributed by atoms with E-state index < -0.39 is 0 Å². The molecule has 5 heteroatoms. The van der Waals surface area contributed by atoms with Gasteiger partial charge in [-0.15, -0.1) is 0 Å². The minimum Gasteiger partial charge on any atom is -0.497 e. The molecule has 3 heterocycles. The van der Waals surface area contributed by atoms with Gasteiger partial charge in [-0.25, -0.2) is 4.98 Å². The van der Waals surface area contributed by atoms with E-state index in [9.17, 15) is 0 Å². The fourth-order valence-corrected chi connectivity index (χ4v) is 3.20. The van der Waals surface area contributed by atoms with Gasteiger partial charge in [0.1, 0.15) is 5.75 Å². The first-order chi connectivity index (χ1) is 10.3. The lowest BCUT2D eigenvalue weighted by molar-refractivity contribution is 0.415. The molecule has 0 amide bonds. The van der Waals surface area contributed by atoms with Gasteiger partial charge < -0.3 is 20.0 Å². The molecule has 0 saturated carbocycles. The zero-order valence-corrected chi connectivity index (χ0v) is 12.2. The Balaban J connectivity index is 1.87. The Morgan fingerprint density at radius 2 is 2.24 bits per heavy atom. The van der Waals surface area contributed by atoms with Crippen LogP contribution in [0.5, 0.6) is 5.75 Å². The highest BCUT2D eigenvalue weighted by Gasteiger charge is 2.26. The van der Waals surface area contributed by atoms with Crippen LogP contribution in [0, 0.1) is 6.92 Å². The lowest BCUT2D eigenvalue weighted by Crippen LogP contribution is -2.31. The zero-order chi connectivity index (χ0) is 14.4. The number of imidazole rings is 1. The number of aromatic amines is 2. The van der Waals surface area contributed by atoms with Crippen molar-refractivity contribution in [1.29, 1.82) is 0 Å². The third kappa shape index (κ3) is 1.85. The van der Waals surface area contributed by atoms with Crippen molar-refractivity contribution in [2.45, 2.75) is 19.4 Å². The van der Waals surface area contributed by atoms with Crippen LogP contribution < -0.4 is 10.1 Å². The molecule has 0 bridgehead atoms. The summed E-state index contributed by atoms with van der Waals surface area (Å²) in [7, 11) is 1.70. The molecule has 3 aromatic rings. The van der Waals surface area contributed by atoms with Gasteiger partial charge >= 0.3 is 0 Å². The molecule has 4 rings (SSSR count). The summed E-state index contributed by atoms with van der Waals surface area (Å²) in [6, 6.07) is 6.26. The van der Waals surface area contributed by atoms with E-state index in [1.54, 1.807) is 13.4 Å². The number of fused-ring (bicyclic) bond motifs is 2. The van der Waals surface area contributed by atoms with E-state index >= 15 is 0 Å². The molecular formula is C16H18N4O. The Kier molecular flexibility index (Phi) is 2.75. The van der Waals surface area contributed by atoms with Crippen molar-refractivity contribution >= 4 is 10.9 Å². The highest BCUT2D eigenvalue weighted by atomic mass is 16.5. The number of ether oxygens (including phenoxy) is 1. The first kappa shape index (κ1) is 12.5. The van der Waals surface area contributed by atoms with E-state index in [0.717, 1.165) is 29.9 Å². The molecular weight excluding hydrogens is 264 g/mol. The summed E-state index contributed by atoms with van der Waals surface area (Å²) in [5.74, 6) is 0.883. The van der Waals surface area contributed by atoms with Crippen LogP contribution in [0.1, 0.15) is 28.7 Å². The van der Waals surface area contributed by atoms with Gasteiger partial charge in [0.05, 0.1) is 25.2 Å². The van der Waals surface area contributed by atoms with E-state index in [1.165, 1.54) is 22.3 Å². The number of nitrogens with zero attached hydrogens (tertiary/aromatic N) is 1. The maximum atomic E-state index is 5.33. The number of methoxy groups -OCH3 is 1. The highest BCUT2D eigenvalue weighted by Crippen LogP contribution is 2.33. The van der Waals surface area contributed by atoms with Gasteiger partial charge in [-0.2, -0.15) is 0 Å². The highest BCUT2D eigenvalue weighted by molar-refractivity contribution is 5.86. The summed E-state index contributed by atoms with van der Waals surface area (Å²) in [5, 5.41) is 4.77. The van der Waals surface area contributed by atoms with Crippen LogP contribution in [0.15, 0.2) is 24.5 Å². The number of benzene rings is 1. The number of H-pyrrole nitrogens is 2. The number of rotatable bonds is 2. The molecule has 21 heavy (non-hydrogen) atoms. The lowest BCUT2D eigenvalue weighted by atomic mass is 9.99. The van der Waals surface area contributed by atoms with Crippen molar-refractivity contribution in [3.63, 3.8) is 0 Å². The SMILES string of the molecule is COc1ccc2[nH]c([C@H]3NCCc4[nH]cnc43)c(C)c2c1. The van der Waals surface area contributed by atoms with E-state index in [0.29, 0.717) is 0 Å². The normalized spacial score (nSPS) is 17.9. The Morgan fingerprint density at radius 1 is 1.33 bits per heavy atom. The maximum absolute atomic E-state index is 5.33. The van der Waals surface area contributed by atoms with Crippen LogP contribution in [-0.2, 0) is 6.42 Å². The Hall–Kier alpha value is -2.27. The van der Waals surface area contributed by atoms with Crippen LogP contribution in [0.2, 0.25) is 0 Å². The van der Waals surface area contributed by atoms with Crippen molar-refractivity contribution in [3.05, 3.63) is 47.2 Å². The second-order valence-corrected chi connectivity index (χ2v) is 5.48. The molecule has 1 aliphatic heterocycles. The molecule has 3 N–H and O–H groups in total. The van der Waals surface area contributed by atoms with Gasteiger partial charge in [0.15, 0.2) is 0 Å². The molecule has 0 unspecified atom stereocenters. The van der Waals surface area contributed by atoms with E-state index in [2.05, 4.69) is 39.3 Å². The monoisotopic (exact) mass is 282 g/mol. The maximum Gasteiger partial charge on any atom is 0.119 e. The molecule has 2 aromatic heterocycles. The number of hydrogen-bond acceptors (Lipinski definition) is 3. The number of hydrogen-bond donors (Lipinski definition) is 3. The quantitative estimate of drug-likeness (QED) is 0.676. The Morgan fingerprint density at radius 3 is 3.10 bits per heavy atom. The largest absolute Gasteiger partial charge is 0.497 e. The van der Waals surface area contributed by atoms with Gasteiger partial charge in [0.25, 0.3) is 0 Å². The minimum absolute atomic E-state index is 0.124. The summed E-state index contributed by atoms with van der Waals surface area (Å²) in [6.07, 6.45) is 2.78. The first-order valence-electron chi connectivity index (χ1n) is 7.19. The molecule has 1 aromatic carbocycles. The topological polar surface area (TPSA) is 65.7 Å². The van der Waals surface area contributed by atoms with Crippen molar-refractivity contribution in [1.82, 2.24) is 20.3 Å². The zero-order valence-electron chi connectivity index (χ0n) is 12.2. The molecule has 108 valence electrons. The summed E-state index contributed by atoms with van der Waals surface area (Å²) in [4.78, 5) is 11.3. The van der Waals surface area contributed by atoms with Gasteiger partial charge in [-0.3, -0.25) is 0 Å². The molecule has 0 aliphatic carbocycles. The Bertz CT molecular complexity index is 802. The third-order valence-electron chi connectivity index (χ3n) is 4.34.